The highest BCUT2D eigenvalue weighted by Crippen LogP contribution is 2.23. The summed E-state index contributed by atoms with van der Waals surface area (Å²) in [5.74, 6) is 0. The van der Waals surface area contributed by atoms with Crippen molar-refractivity contribution in [3.63, 3.8) is 0 Å². The Labute approximate surface area is 117 Å². The van der Waals surface area contributed by atoms with Crippen molar-refractivity contribution >= 4 is 17.4 Å². The van der Waals surface area contributed by atoms with Crippen LogP contribution >= 0.6 is 0 Å². The maximum atomic E-state index is 12.3. The van der Waals surface area contributed by atoms with E-state index < -0.39 is 4.92 Å². The highest BCUT2D eigenvalue weighted by molar-refractivity contribution is 5.90. The number of nitrogens with zero attached hydrogens (tertiary/aromatic N) is 2. The van der Waals surface area contributed by atoms with Crippen LogP contribution in [-0.2, 0) is 0 Å². The number of anilines is 1. The zero-order chi connectivity index (χ0) is 14.7. The lowest BCUT2D eigenvalue weighted by atomic mass is 10.0. The summed E-state index contributed by atoms with van der Waals surface area (Å²) in [6, 6.07) is 4.52. The van der Waals surface area contributed by atoms with Gasteiger partial charge in [-0.2, -0.15) is 0 Å². The second-order valence-corrected chi connectivity index (χ2v) is 5.22. The van der Waals surface area contributed by atoms with E-state index in [0.717, 1.165) is 31.4 Å². The molecular formula is C14H19N3O3. The first kappa shape index (κ1) is 14.3. The van der Waals surface area contributed by atoms with Crippen molar-refractivity contribution in [1.82, 2.24) is 4.90 Å². The van der Waals surface area contributed by atoms with Crippen LogP contribution in [0.1, 0.15) is 31.7 Å². The van der Waals surface area contributed by atoms with Crippen LogP contribution in [0.3, 0.4) is 0 Å². The van der Waals surface area contributed by atoms with Gasteiger partial charge in [-0.1, -0.05) is 6.07 Å². The van der Waals surface area contributed by atoms with Gasteiger partial charge in [0.15, 0.2) is 0 Å². The molecule has 1 aromatic rings. The van der Waals surface area contributed by atoms with E-state index in [2.05, 4.69) is 5.32 Å². The van der Waals surface area contributed by atoms with E-state index in [1.54, 1.807) is 11.0 Å². The largest absolute Gasteiger partial charge is 0.322 e. The van der Waals surface area contributed by atoms with Gasteiger partial charge in [0.25, 0.3) is 5.69 Å². The number of aryl methyl sites for hydroxylation is 1. The fourth-order valence-corrected chi connectivity index (χ4v) is 2.45. The summed E-state index contributed by atoms with van der Waals surface area (Å²) >= 11 is 0. The zero-order valence-corrected chi connectivity index (χ0v) is 11.8. The molecule has 0 spiro atoms. The van der Waals surface area contributed by atoms with Crippen molar-refractivity contribution in [2.45, 2.75) is 39.2 Å². The summed E-state index contributed by atoms with van der Waals surface area (Å²) in [6.45, 7) is 4.58. The summed E-state index contributed by atoms with van der Waals surface area (Å²) < 4.78 is 0. The molecule has 2 amide bonds. The summed E-state index contributed by atoms with van der Waals surface area (Å²) in [4.78, 5) is 24.4. The number of rotatable bonds is 2. The van der Waals surface area contributed by atoms with E-state index in [4.69, 9.17) is 0 Å². The van der Waals surface area contributed by atoms with Gasteiger partial charge in [0.05, 0.1) is 10.6 Å². The minimum atomic E-state index is -0.460. The average Bonchev–Trinajstić information content (AvgIpc) is 2.41. The number of carbonyl (C=O) groups is 1. The molecule has 0 bridgehead atoms. The third-order valence-corrected chi connectivity index (χ3v) is 3.74. The summed E-state index contributed by atoms with van der Waals surface area (Å²) in [6.07, 6.45) is 3.15. The van der Waals surface area contributed by atoms with E-state index in [9.17, 15) is 14.9 Å². The number of non-ortho nitro benzene ring substituents is 1. The van der Waals surface area contributed by atoms with Crippen LogP contribution in [0.5, 0.6) is 0 Å². The molecular weight excluding hydrogens is 258 g/mol. The van der Waals surface area contributed by atoms with Gasteiger partial charge in [0, 0.05) is 24.7 Å². The summed E-state index contributed by atoms with van der Waals surface area (Å²) in [5, 5.41) is 13.6. The first-order chi connectivity index (χ1) is 9.49. The molecule has 1 aromatic carbocycles. The molecule has 20 heavy (non-hydrogen) atoms. The van der Waals surface area contributed by atoms with Crippen molar-refractivity contribution in [3.05, 3.63) is 33.9 Å². The molecule has 1 aliphatic rings. The second kappa shape index (κ2) is 5.90. The van der Waals surface area contributed by atoms with Gasteiger partial charge in [0.1, 0.15) is 0 Å². The normalized spacial score (nSPS) is 18.7. The number of hydrogen-bond acceptors (Lipinski definition) is 3. The number of urea groups is 1. The number of nitro benzene ring substituents is 1. The molecule has 6 heteroatoms. The van der Waals surface area contributed by atoms with Crippen LogP contribution in [0.15, 0.2) is 18.2 Å². The molecule has 108 valence electrons. The molecule has 0 radical (unpaired) electrons. The number of piperidine rings is 1. The van der Waals surface area contributed by atoms with Gasteiger partial charge in [-0.25, -0.2) is 4.79 Å². The van der Waals surface area contributed by atoms with E-state index in [1.807, 2.05) is 13.8 Å². The zero-order valence-electron chi connectivity index (χ0n) is 11.8. The van der Waals surface area contributed by atoms with Crippen LogP contribution in [-0.4, -0.2) is 28.4 Å². The number of nitro groups is 1. The lowest BCUT2D eigenvalue weighted by molar-refractivity contribution is -0.384. The molecule has 1 heterocycles. The predicted molar refractivity (Wildman–Crippen MR) is 76.9 cm³/mol. The van der Waals surface area contributed by atoms with Gasteiger partial charge in [-0.15, -0.1) is 0 Å². The van der Waals surface area contributed by atoms with E-state index in [1.165, 1.54) is 12.1 Å². The standard InChI is InChI=1S/C14H19N3O3/c1-10-6-7-12(17(19)20)9-13(10)15-14(18)16-8-4-3-5-11(16)2/h6-7,9,11H,3-5,8H2,1-2H3,(H,15,18)/t11-/m1/s1. The molecule has 0 aliphatic carbocycles. The number of amides is 2. The minimum absolute atomic E-state index is 0.0161. The van der Waals surface area contributed by atoms with Gasteiger partial charge in [-0.05, 0) is 38.7 Å². The highest BCUT2D eigenvalue weighted by Gasteiger charge is 2.23. The van der Waals surface area contributed by atoms with Crippen molar-refractivity contribution in [3.8, 4) is 0 Å². The van der Waals surface area contributed by atoms with Crippen molar-refractivity contribution in [2.75, 3.05) is 11.9 Å². The fourth-order valence-electron chi connectivity index (χ4n) is 2.45. The number of nitrogens with one attached hydrogen (secondary N) is 1. The molecule has 1 N–H and O–H groups in total. The lowest BCUT2D eigenvalue weighted by Crippen LogP contribution is -2.44. The van der Waals surface area contributed by atoms with Gasteiger partial charge < -0.3 is 10.2 Å². The average molecular weight is 277 g/mol. The molecule has 1 fully saturated rings. The van der Waals surface area contributed by atoms with Gasteiger partial charge in [0.2, 0.25) is 0 Å². The highest BCUT2D eigenvalue weighted by atomic mass is 16.6. The third-order valence-electron chi connectivity index (χ3n) is 3.74. The van der Waals surface area contributed by atoms with Crippen molar-refractivity contribution in [1.29, 1.82) is 0 Å². The third kappa shape index (κ3) is 3.07. The number of benzene rings is 1. The quantitative estimate of drug-likeness (QED) is 0.665. The molecule has 2 rings (SSSR count). The van der Waals surface area contributed by atoms with Crippen molar-refractivity contribution < 1.29 is 9.72 Å². The van der Waals surface area contributed by atoms with Gasteiger partial charge in [-0.3, -0.25) is 10.1 Å². The Balaban J connectivity index is 2.14. The topological polar surface area (TPSA) is 75.5 Å². The molecule has 0 unspecified atom stereocenters. The molecule has 6 nitrogen and oxygen atoms in total. The summed E-state index contributed by atoms with van der Waals surface area (Å²) in [5.41, 5.74) is 1.30. The maximum Gasteiger partial charge on any atom is 0.322 e. The Morgan fingerprint density at radius 1 is 1.45 bits per heavy atom. The smallest absolute Gasteiger partial charge is 0.322 e. The van der Waals surface area contributed by atoms with Crippen molar-refractivity contribution in [2.24, 2.45) is 0 Å². The van der Waals surface area contributed by atoms with Crippen LogP contribution in [0, 0.1) is 17.0 Å². The van der Waals surface area contributed by atoms with E-state index in [0.29, 0.717) is 5.69 Å². The second-order valence-electron chi connectivity index (χ2n) is 5.22. The number of hydrogen-bond donors (Lipinski definition) is 1. The Morgan fingerprint density at radius 2 is 2.20 bits per heavy atom. The van der Waals surface area contributed by atoms with E-state index in [-0.39, 0.29) is 17.8 Å². The van der Waals surface area contributed by atoms with Crippen LogP contribution in [0.25, 0.3) is 0 Å². The maximum absolute atomic E-state index is 12.3. The Bertz CT molecular complexity index is 530. The first-order valence-electron chi connectivity index (χ1n) is 6.81. The van der Waals surface area contributed by atoms with Gasteiger partial charge >= 0.3 is 6.03 Å². The first-order valence-corrected chi connectivity index (χ1v) is 6.81. The number of carbonyl (C=O) groups excluding carboxylic acids is 1. The summed E-state index contributed by atoms with van der Waals surface area (Å²) in [7, 11) is 0. The number of likely N-dealkylation sites (tertiary alicyclic amines) is 1. The fraction of sp³-hybridized carbons (Fsp3) is 0.500. The SMILES string of the molecule is Cc1ccc([N+](=O)[O-])cc1NC(=O)N1CCCC[C@H]1C. The Morgan fingerprint density at radius 3 is 2.85 bits per heavy atom. The monoisotopic (exact) mass is 277 g/mol. The Hall–Kier alpha value is -2.11. The van der Waals surface area contributed by atoms with Crippen LogP contribution < -0.4 is 5.32 Å². The predicted octanol–water partition coefficient (Wildman–Crippen LogP) is 3.31. The van der Waals surface area contributed by atoms with E-state index >= 15 is 0 Å². The molecule has 1 saturated heterocycles. The molecule has 1 aliphatic heterocycles. The molecule has 1 atom stereocenters. The minimum Gasteiger partial charge on any atom is -0.322 e. The van der Waals surface area contributed by atoms with Crippen LogP contribution in [0.2, 0.25) is 0 Å². The van der Waals surface area contributed by atoms with Crippen LogP contribution in [0.4, 0.5) is 16.2 Å². The Kier molecular flexibility index (Phi) is 4.22. The molecule has 0 saturated carbocycles. The molecule has 0 aromatic heterocycles. The lowest BCUT2D eigenvalue weighted by Gasteiger charge is -2.33.